The van der Waals surface area contributed by atoms with E-state index in [1.807, 2.05) is 13.8 Å². The number of ether oxygens (including phenoxy) is 6. The van der Waals surface area contributed by atoms with Gasteiger partial charge in [0.25, 0.3) is 0 Å². The minimum absolute atomic E-state index is 0.172. The van der Waals surface area contributed by atoms with Crippen LogP contribution in [0.2, 0.25) is 0 Å². The molecule has 4 aliphatic heterocycles. The number of carbonyl (C=O) groups excluding carboxylic acids is 2. The number of cyclic esters (lactones) is 1. The van der Waals surface area contributed by atoms with Crippen LogP contribution in [0.4, 0.5) is 0 Å². The summed E-state index contributed by atoms with van der Waals surface area (Å²) >= 11 is 0. The van der Waals surface area contributed by atoms with Gasteiger partial charge in [0.2, 0.25) is 0 Å². The van der Waals surface area contributed by atoms with Crippen molar-refractivity contribution in [1.82, 2.24) is 0 Å². The van der Waals surface area contributed by atoms with Gasteiger partial charge in [-0.3, -0.25) is 0 Å². The van der Waals surface area contributed by atoms with E-state index in [1.165, 1.54) is 12.2 Å². The van der Waals surface area contributed by atoms with Crippen molar-refractivity contribution in [2.24, 2.45) is 16.7 Å². The Morgan fingerprint density at radius 3 is 2.52 bits per heavy atom. The lowest BCUT2D eigenvalue weighted by Crippen LogP contribution is -2.71. The van der Waals surface area contributed by atoms with E-state index in [0.29, 0.717) is 19.4 Å². The first-order chi connectivity index (χ1) is 18.9. The van der Waals surface area contributed by atoms with Gasteiger partial charge < -0.3 is 43.7 Å². The molecule has 0 radical (unpaired) electrons. The van der Waals surface area contributed by atoms with Crippen LogP contribution in [-0.4, -0.2) is 107 Å². The molecule has 11 nitrogen and oxygen atoms in total. The highest BCUT2D eigenvalue weighted by Crippen LogP contribution is 2.75. The van der Waals surface area contributed by atoms with Gasteiger partial charge >= 0.3 is 11.9 Å². The Bertz CT molecular complexity index is 1100. The van der Waals surface area contributed by atoms with Gasteiger partial charge in [-0.1, -0.05) is 32.1 Å². The summed E-state index contributed by atoms with van der Waals surface area (Å²) in [5.41, 5.74) is -3.42. The van der Waals surface area contributed by atoms with E-state index in [4.69, 9.17) is 28.4 Å². The quantitative estimate of drug-likeness (QED) is 0.302. The van der Waals surface area contributed by atoms with E-state index < -0.39 is 82.6 Å². The predicted octanol–water partition coefficient (Wildman–Crippen LogP) is 0.575. The molecule has 0 aromatic heterocycles. The predicted molar refractivity (Wildman–Crippen MR) is 137 cm³/mol. The van der Waals surface area contributed by atoms with Crippen LogP contribution in [0.15, 0.2) is 24.3 Å². The second-order valence-electron chi connectivity index (χ2n) is 12.8. The molecule has 13 atom stereocenters. The first kappa shape index (κ1) is 28.3. The molecule has 222 valence electrons. The molecule has 6 aliphatic rings. The maximum atomic E-state index is 13.2. The van der Waals surface area contributed by atoms with Gasteiger partial charge in [-0.05, 0) is 32.6 Å². The number of rotatable bonds is 1. The van der Waals surface area contributed by atoms with Crippen molar-refractivity contribution in [3.63, 3.8) is 0 Å². The van der Waals surface area contributed by atoms with Gasteiger partial charge in [-0.2, -0.15) is 0 Å². The Labute approximate surface area is 233 Å². The summed E-state index contributed by atoms with van der Waals surface area (Å²) in [7, 11) is 0. The van der Waals surface area contributed by atoms with E-state index in [0.717, 1.165) is 0 Å². The summed E-state index contributed by atoms with van der Waals surface area (Å²) in [5.74, 6) is -1.84. The SMILES string of the molecule is C[C@@H]1CCO[C@H]([C@@H](C)O)/C=C/C=C/C(=O)O[C@@H]2C[C@H]3O[C@H]4[C@H]5O[C@]5(C)[C@@H](O)C[C@@]4(COC(=O)[C@@H]1O)[C@@]2(C)[C@@]31CO1. The lowest BCUT2D eigenvalue weighted by Gasteiger charge is -2.59. The Kier molecular flexibility index (Phi) is 6.77. The molecule has 2 aliphatic carbocycles. The zero-order valence-corrected chi connectivity index (χ0v) is 23.4. The highest BCUT2D eigenvalue weighted by molar-refractivity contribution is 5.82. The Morgan fingerprint density at radius 1 is 1.07 bits per heavy atom. The molecule has 3 saturated heterocycles. The number of allylic oxidation sites excluding steroid dienone is 2. The van der Waals surface area contributed by atoms with Crippen LogP contribution < -0.4 is 0 Å². The molecule has 2 bridgehead atoms. The molecule has 5 fully saturated rings. The molecular formula is C29H40O11. The number of epoxide rings is 2. The molecule has 0 aromatic carbocycles. The van der Waals surface area contributed by atoms with Crippen LogP contribution in [0.25, 0.3) is 0 Å². The third-order valence-electron chi connectivity index (χ3n) is 10.7. The first-order valence-corrected chi connectivity index (χ1v) is 14.2. The van der Waals surface area contributed by atoms with E-state index >= 15 is 0 Å². The highest BCUT2D eigenvalue weighted by atomic mass is 16.7. The number of esters is 2. The summed E-state index contributed by atoms with van der Waals surface area (Å²) in [5, 5.41) is 32.2. The number of aliphatic hydroxyl groups excluding tert-OH is 3. The minimum atomic E-state index is -1.41. The topological polar surface area (TPSA) is 157 Å². The van der Waals surface area contributed by atoms with Crippen molar-refractivity contribution in [1.29, 1.82) is 0 Å². The van der Waals surface area contributed by atoms with Gasteiger partial charge in [0.05, 0.1) is 36.4 Å². The van der Waals surface area contributed by atoms with Crippen LogP contribution in [0.3, 0.4) is 0 Å². The molecule has 40 heavy (non-hydrogen) atoms. The molecule has 3 N–H and O–H groups in total. The minimum Gasteiger partial charge on any atom is -0.463 e. The maximum absolute atomic E-state index is 13.2. The van der Waals surface area contributed by atoms with Crippen LogP contribution in [-0.2, 0) is 38.0 Å². The summed E-state index contributed by atoms with van der Waals surface area (Å²) in [4.78, 5) is 26.2. The van der Waals surface area contributed by atoms with E-state index in [2.05, 4.69) is 0 Å². The van der Waals surface area contributed by atoms with Crippen molar-refractivity contribution >= 4 is 11.9 Å². The lowest BCUT2D eigenvalue weighted by molar-refractivity contribution is -0.261. The Balaban J connectivity index is 1.37. The molecule has 0 aromatic rings. The third-order valence-corrected chi connectivity index (χ3v) is 10.7. The van der Waals surface area contributed by atoms with Gasteiger partial charge in [-0.15, -0.1) is 0 Å². The Hall–Kier alpha value is -1.86. The molecule has 6 rings (SSSR count). The number of aliphatic hydroxyl groups is 3. The average molecular weight is 565 g/mol. The lowest BCUT2D eigenvalue weighted by atomic mass is 9.49. The van der Waals surface area contributed by atoms with Crippen molar-refractivity contribution < 1.29 is 53.3 Å². The standard InChI is InChI=1S/C29H40O11/c1-15-9-10-35-17(16(2)30)7-5-6-8-21(32)38-19-11-20-29(14-37-29)27(19,4)28(13-36-25(34)22(15)33)12-18(31)26(3)23(40-26)24(28)39-20/h5-8,15-20,22-24,30-31,33H,9-14H2,1-4H3/b7-5+,8-6+/t15-,16-,17+,18+,19-,20-,22-,23-,24+,26-,27+,28+,29-/m1/s1. The summed E-state index contributed by atoms with van der Waals surface area (Å²) in [6.07, 6.45) is 1.29. The normalized spacial score (nSPS) is 54.6. The Morgan fingerprint density at radius 2 is 1.82 bits per heavy atom. The van der Waals surface area contributed by atoms with Crippen molar-refractivity contribution in [3.05, 3.63) is 24.3 Å². The second kappa shape index (κ2) is 9.58. The maximum Gasteiger partial charge on any atom is 0.335 e. The van der Waals surface area contributed by atoms with Crippen LogP contribution in [0.5, 0.6) is 0 Å². The van der Waals surface area contributed by atoms with Gasteiger partial charge in [0.15, 0.2) is 6.10 Å². The van der Waals surface area contributed by atoms with E-state index in [1.54, 1.807) is 26.0 Å². The van der Waals surface area contributed by atoms with E-state index in [9.17, 15) is 24.9 Å². The third kappa shape index (κ3) is 3.96. The van der Waals surface area contributed by atoms with Crippen LogP contribution >= 0.6 is 0 Å². The van der Waals surface area contributed by atoms with Gasteiger partial charge in [0, 0.05) is 24.5 Å². The molecule has 0 unspecified atom stereocenters. The number of hydrogen-bond acceptors (Lipinski definition) is 11. The largest absolute Gasteiger partial charge is 0.463 e. The van der Waals surface area contributed by atoms with E-state index in [-0.39, 0.29) is 25.7 Å². The number of hydrogen-bond donors (Lipinski definition) is 3. The zero-order valence-electron chi connectivity index (χ0n) is 23.4. The first-order valence-electron chi connectivity index (χ1n) is 14.2. The zero-order chi connectivity index (χ0) is 28.7. The van der Waals surface area contributed by atoms with Crippen molar-refractivity contribution in [2.75, 3.05) is 19.8 Å². The fraction of sp³-hybridized carbons (Fsp3) is 0.793. The molecule has 2 spiro atoms. The smallest absolute Gasteiger partial charge is 0.335 e. The summed E-state index contributed by atoms with van der Waals surface area (Å²) in [6, 6.07) is 0. The molecule has 0 amide bonds. The van der Waals surface area contributed by atoms with Crippen LogP contribution in [0, 0.1) is 16.7 Å². The molecule has 4 heterocycles. The fourth-order valence-electron chi connectivity index (χ4n) is 7.77. The number of fused-ring (bicyclic) bond motifs is 2. The highest BCUT2D eigenvalue weighted by Gasteiger charge is 2.87. The average Bonchev–Trinajstić information content (AvgIpc) is 3.82. The van der Waals surface area contributed by atoms with Gasteiger partial charge in [-0.25, -0.2) is 9.59 Å². The summed E-state index contributed by atoms with van der Waals surface area (Å²) in [6.45, 7) is 7.54. The van der Waals surface area contributed by atoms with Crippen LogP contribution in [0.1, 0.15) is 47.0 Å². The van der Waals surface area contributed by atoms with Crippen molar-refractivity contribution in [2.45, 2.75) is 107 Å². The fourth-order valence-corrected chi connectivity index (χ4v) is 7.77. The van der Waals surface area contributed by atoms with Gasteiger partial charge in [0.1, 0.15) is 36.1 Å². The summed E-state index contributed by atoms with van der Waals surface area (Å²) < 4.78 is 36.4. The second-order valence-corrected chi connectivity index (χ2v) is 12.8. The number of carbonyl (C=O) groups is 2. The molecule has 11 heteroatoms. The van der Waals surface area contributed by atoms with Crippen molar-refractivity contribution in [3.8, 4) is 0 Å². The molecular weight excluding hydrogens is 524 g/mol. The monoisotopic (exact) mass is 564 g/mol. The molecule has 2 saturated carbocycles.